The number of likely N-dealkylation sites (tertiary alicyclic amines) is 1. The van der Waals surface area contributed by atoms with Crippen molar-refractivity contribution in [2.75, 3.05) is 71.7 Å². The summed E-state index contributed by atoms with van der Waals surface area (Å²) in [7, 11) is 3.36. The number of rotatable bonds is 21. The number of hydrogen-bond donors (Lipinski definition) is 2. The zero-order valence-corrected chi connectivity index (χ0v) is 35.1. The first-order valence-electron chi connectivity index (χ1n) is 20.5. The van der Waals surface area contributed by atoms with Gasteiger partial charge in [0.1, 0.15) is 36.0 Å². The van der Waals surface area contributed by atoms with Gasteiger partial charge in [-0.05, 0) is 59.7 Å². The fourth-order valence-corrected chi connectivity index (χ4v) is 7.23. The van der Waals surface area contributed by atoms with E-state index in [0.717, 1.165) is 53.4 Å². The van der Waals surface area contributed by atoms with Crippen molar-refractivity contribution in [1.82, 2.24) is 4.90 Å². The Hall–Kier alpha value is -4.40. The molecule has 3 aromatic carbocycles. The average molecular weight is 805 g/mol. The van der Waals surface area contributed by atoms with E-state index < -0.39 is 36.2 Å². The molecule has 1 fully saturated rings. The third-order valence-corrected chi connectivity index (χ3v) is 10.8. The van der Waals surface area contributed by atoms with Gasteiger partial charge in [0, 0.05) is 38.8 Å². The standard InChI is InChI=1S/C45H64N4O9/c1-30(2)42(46)44(50)49-26-39(57-28-32-13-18-38-36(25-32)48(20-24-56-38)19-9-21-52-5)41(40(27-49)58-45(51)43(47)31(3)4)33-14-16-35(17-15-33)55-23-10-22-54-29-34-11-7-8-12-37(34)53-6/h7-8,11-18,25,30-31,39-43H,9-10,19-24,26-29,46-47H2,1-6H3/t39-,40+,41+,42-,43-/m0/s1. The smallest absolute Gasteiger partial charge is 0.323 e. The number of piperidine rings is 1. The molecule has 1 saturated heterocycles. The molecule has 58 heavy (non-hydrogen) atoms. The number of methoxy groups -OCH3 is 2. The first-order valence-corrected chi connectivity index (χ1v) is 20.5. The highest BCUT2D eigenvalue weighted by Crippen LogP contribution is 2.37. The van der Waals surface area contributed by atoms with Crippen LogP contribution < -0.4 is 30.6 Å². The number of carbonyl (C=O) groups is 2. The molecule has 1 amide bonds. The Labute approximate surface area is 344 Å². The molecule has 0 saturated carbocycles. The Morgan fingerprint density at radius 2 is 1.59 bits per heavy atom. The summed E-state index contributed by atoms with van der Waals surface area (Å²) >= 11 is 0. The Balaban J connectivity index is 1.34. The average Bonchev–Trinajstić information content (AvgIpc) is 3.23. The topological polar surface area (TPSA) is 157 Å². The molecule has 4 N–H and O–H groups in total. The van der Waals surface area contributed by atoms with Gasteiger partial charge in [0.2, 0.25) is 5.91 Å². The predicted molar refractivity (Wildman–Crippen MR) is 223 cm³/mol. The second-order valence-electron chi connectivity index (χ2n) is 15.8. The summed E-state index contributed by atoms with van der Waals surface area (Å²) in [6, 6.07) is 20.1. The van der Waals surface area contributed by atoms with E-state index in [2.05, 4.69) is 11.0 Å². The summed E-state index contributed by atoms with van der Waals surface area (Å²) in [6.45, 7) is 12.6. The maximum Gasteiger partial charge on any atom is 0.323 e. The molecule has 5 atom stereocenters. The Kier molecular flexibility index (Phi) is 17.0. The molecule has 0 unspecified atom stereocenters. The summed E-state index contributed by atoms with van der Waals surface area (Å²) in [4.78, 5) is 31.3. The highest BCUT2D eigenvalue weighted by molar-refractivity contribution is 5.82. The number of nitrogens with two attached hydrogens (primary N) is 2. The van der Waals surface area contributed by atoms with Gasteiger partial charge in [-0.3, -0.25) is 9.59 Å². The van der Waals surface area contributed by atoms with Crippen molar-refractivity contribution in [2.45, 2.75) is 84.0 Å². The maximum absolute atomic E-state index is 13.8. The van der Waals surface area contributed by atoms with E-state index in [9.17, 15) is 9.59 Å². The van der Waals surface area contributed by atoms with Gasteiger partial charge in [-0.25, -0.2) is 0 Å². The predicted octanol–water partition coefficient (Wildman–Crippen LogP) is 5.31. The minimum atomic E-state index is -0.831. The molecule has 2 aliphatic heterocycles. The van der Waals surface area contributed by atoms with E-state index in [1.807, 2.05) is 88.4 Å². The highest BCUT2D eigenvalue weighted by atomic mass is 16.6. The number of benzene rings is 3. The van der Waals surface area contributed by atoms with Crippen molar-refractivity contribution in [1.29, 1.82) is 0 Å². The van der Waals surface area contributed by atoms with Gasteiger partial charge in [-0.15, -0.1) is 0 Å². The Morgan fingerprint density at radius 3 is 2.31 bits per heavy atom. The minimum absolute atomic E-state index is 0.0870. The highest BCUT2D eigenvalue weighted by Gasteiger charge is 2.44. The van der Waals surface area contributed by atoms with E-state index >= 15 is 0 Å². The van der Waals surface area contributed by atoms with Gasteiger partial charge in [0.25, 0.3) is 0 Å². The van der Waals surface area contributed by atoms with Crippen LogP contribution >= 0.6 is 0 Å². The third-order valence-electron chi connectivity index (χ3n) is 10.8. The fraction of sp³-hybridized carbons (Fsp3) is 0.556. The molecule has 2 heterocycles. The molecule has 13 heteroatoms. The van der Waals surface area contributed by atoms with Crippen LogP contribution in [0.3, 0.4) is 0 Å². The van der Waals surface area contributed by atoms with Gasteiger partial charge in [0.05, 0.1) is 70.4 Å². The largest absolute Gasteiger partial charge is 0.496 e. The number of para-hydroxylation sites is 1. The van der Waals surface area contributed by atoms with Crippen LogP contribution in [0.2, 0.25) is 0 Å². The normalized spacial score (nSPS) is 19.0. The lowest BCUT2D eigenvalue weighted by Crippen LogP contribution is -2.59. The lowest BCUT2D eigenvalue weighted by atomic mass is 9.83. The summed E-state index contributed by atoms with van der Waals surface area (Å²) < 4.78 is 41.7. The molecule has 0 aliphatic carbocycles. The van der Waals surface area contributed by atoms with E-state index in [1.54, 1.807) is 19.1 Å². The van der Waals surface area contributed by atoms with Crippen molar-refractivity contribution in [3.05, 3.63) is 83.4 Å². The number of nitrogens with zero attached hydrogens (tertiary/aromatic N) is 2. The first-order chi connectivity index (χ1) is 28.0. The zero-order chi connectivity index (χ0) is 41.6. The van der Waals surface area contributed by atoms with Crippen LogP contribution in [0.4, 0.5) is 5.69 Å². The monoisotopic (exact) mass is 804 g/mol. The molecular weight excluding hydrogens is 741 g/mol. The molecule has 5 rings (SSSR count). The second-order valence-corrected chi connectivity index (χ2v) is 15.8. The molecule has 0 spiro atoms. The van der Waals surface area contributed by atoms with Gasteiger partial charge in [0.15, 0.2) is 0 Å². The first kappa shape index (κ1) is 44.7. The molecule has 318 valence electrons. The molecule has 0 radical (unpaired) electrons. The Morgan fingerprint density at radius 1 is 0.845 bits per heavy atom. The number of esters is 1. The molecule has 0 aromatic heterocycles. The lowest BCUT2D eigenvalue weighted by Gasteiger charge is -2.44. The van der Waals surface area contributed by atoms with Crippen molar-refractivity contribution >= 4 is 17.6 Å². The summed E-state index contributed by atoms with van der Waals surface area (Å²) in [5, 5.41) is 0. The summed E-state index contributed by atoms with van der Waals surface area (Å²) in [5.74, 6) is 0.937. The van der Waals surface area contributed by atoms with Crippen LogP contribution in [0.15, 0.2) is 66.7 Å². The lowest BCUT2D eigenvalue weighted by molar-refractivity contribution is -0.166. The number of fused-ring (bicyclic) bond motifs is 1. The van der Waals surface area contributed by atoms with Gasteiger partial charge in [-0.1, -0.05) is 64.1 Å². The number of anilines is 1. The van der Waals surface area contributed by atoms with E-state index in [0.29, 0.717) is 45.2 Å². The van der Waals surface area contributed by atoms with Gasteiger partial charge >= 0.3 is 5.97 Å². The van der Waals surface area contributed by atoms with E-state index in [4.69, 9.17) is 44.6 Å². The fourth-order valence-electron chi connectivity index (χ4n) is 7.23. The summed E-state index contributed by atoms with van der Waals surface area (Å²) in [5.41, 5.74) is 16.6. The number of ether oxygens (including phenoxy) is 7. The van der Waals surface area contributed by atoms with Gasteiger partial charge < -0.3 is 54.4 Å². The number of carbonyl (C=O) groups excluding carboxylic acids is 2. The zero-order valence-electron chi connectivity index (χ0n) is 35.1. The second kappa shape index (κ2) is 22.1. The molecular formula is C45H64N4O9. The number of hydrogen-bond acceptors (Lipinski definition) is 12. The Bertz CT molecular complexity index is 1740. The van der Waals surface area contributed by atoms with Crippen LogP contribution in [-0.2, 0) is 41.8 Å². The van der Waals surface area contributed by atoms with Crippen molar-refractivity contribution in [3.8, 4) is 17.2 Å². The molecule has 13 nitrogen and oxygen atoms in total. The molecule has 2 aliphatic rings. The maximum atomic E-state index is 13.8. The van der Waals surface area contributed by atoms with Crippen LogP contribution in [0, 0.1) is 11.8 Å². The van der Waals surface area contributed by atoms with Crippen LogP contribution in [0.25, 0.3) is 0 Å². The quantitative estimate of drug-likeness (QED) is 0.106. The SMILES string of the molecule is COCCCN1CCOc2ccc(CO[C@H]3CN(C(=O)[C@@H](N)C(C)C)C[C@@H](OC(=O)[C@@H](N)C(C)C)[C@@H]3c3ccc(OCCCOCc4ccccc4OC)cc3)cc21. The van der Waals surface area contributed by atoms with Crippen molar-refractivity contribution in [3.63, 3.8) is 0 Å². The van der Waals surface area contributed by atoms with E-state index in [1.165, 1.54) is 0 Å². The molecule has 0 bridgehead atoms. The number of amides is 1. The van der Waals surface area contributed by atoms with E-state index in [-0.39, 0.29) is 37.4 Å². The van der Waals surface area contributed by atoms with Crippen LogP contribution in [-0.4, -0.2) is 108 Å². The summed E-state index contributed by atoms with van der Waals surface area (Å²) in [6.07, 6.45) is 0.292. The van der Waals surface area contributed by atoms with Crippen molar-refractivity contribution < 1.29 is 42.7 Å². The van der Waals surface area contributed by atoms with Crippen LogP contribution in [0.1, 0.15) is 63.1 Å². The van der Waals surface area contributed by atoms with Crippen LogP contribution in [0.5, 0.6) is 17.2 Å². The minimum Gasteiger partial charge on any atom is -0.496 e. The third kappa shape index (κ3) is 12.1. The molecule has 3 aromatic rings. The van der Waals surface area contributed by atoms with Gasteiger partial charge in [-0.2, -0.15) is 0 Å². The van der Waals surface area contributed by atoms with Crippen molar-refractivity contribution in [2.24, 2.45) is 23.3 Å².